The highest BCUT2D eigenvalue weighted by molar-refractivity contribution is 5.80. The number of nitrogens with zero attached hydrogens (tertiary/aromatic N) is 2. The van der Waals surface area contributed by atoms with Gasteiger partial charge in [-0.3, -0.25) is 4.99 Å². The summed E-state index contributed by atoms with van der Waals surface area (Å²) in [6, 6.07) is 3.62. The van der Waals surface area contributed by atoms with Gasteiger partial charge in [-0.25, -0.2) is 4.98 Å². The first-order valence-corrected chi connectivity index (χ1v) is 2.96. The average molecular weight is 135 g/mol. The summed E-state index contributed by atoms with van der Waals surface area (Å²) in [6.07, 6.45) is 3.39. The van der Waals surface area contributed by atoms with E-state index in [-0.39, 0.29) is 0 Å². The van der Waals surface area contributed by atoms with Gasteiger partial charge < -0.3 is 5.73 Å². The number of rotatable bonds is 1. The highest BCUT2D eigenvalue weighted by Gasteiger charge is 1.86. The van der Waals surface area contributed by atoms with Crippen molar-refractivity contribution in [3.63, 3.8) is 0 Å². The largest absolute Gasteiger partial charge is 0.384 e. The molecule has 0 bridgehead atoms. The van der Waals surface area contributed by atoms with Crippen molar-refractivity contribution in [3.05, 3.63) is 23.9 Å². The molecule has 3 nitrogen and oxygen atoms in total. The first-order valence-electron chi connectivity index (χ1n) is 2.96. The van der Waals surface area contributed by atoms with Crippen molar-refractivity contribution in [2.24, 2.45) is 4.99 Å². The Hall–Kier alpha value is -1.38. The summed E-state index contributed by atoms with van der Waals surface area (Å²) in [5.74, 6) is 0.525. The molecule has 0 unspecified atom stereocenters. The Balaban J connectivity index is 2.95. The van der Waals surface area contributed by atoms with E-state index in [1.165, 1.54) is 0 Å². The van der Waals surface area contributed by atoms with E-state index in [1.54, 1.807) is 25.5 Å². The van der Waals surface area contributed by atoms with Crippen LogP contribution in [0.15, 0.2) is 23.3 Å². The lowest BCUT2D eigenvalue weighted by Crippen LogP contribution is -1.90. The second kappa shape index (κ2) is 2.96. The third kappa shape index (κ3) is 1.55. The van der Waals surface area contributed by atoms with Crippen LogP contribution in [0.4, 0.5) is 5.82 Å². The van der Waals surface area contributed by atoms with Crippen molar-refractivity contribution in [1.82, 2.24) is 4.98 Å². The highest BCUT2D eigenvalue weighted by atomic mass is 14.8. The fourth-order valence-corrected chi connectivity index (χ4v) is 0.695. The van der Waals surface area contributed by atoms with Gasteiger partial charge in [0.05, 0.1) is 0 Å². The smallest absolute Gasteiger partial charge is 0.123 e. The number of nitrogens with two attached hydrogens (primary N) is 1. The molecule has 52 valence electrons. The van der Waals surface area contributed by atoms with E-state index >= 15 is 0 Å². The van der Waals surface area contributed by atoms with Crippen LogP contribution in [0, 0.1) is 0 Å². The lowest BCUT2D eigenvalue weighted by atomic mass is 10.3. The van der Waals surface area contributed by atoms with Crippen LogP contribution in [-0.4, -0.2) is 18.2 Å². The van der Waals surface area contributed by atoms with Gasteiger partial charge >= 0.3 is 0 Å². The molecule has 0 radical (unpaired) electrons. The zero-order valence-electron chi connectivity index (χ0n) is 5.78. The molecule has 1 aromatic rings. The number of pyridine rings is 1. The SMILES string of the molecule is CN=Cc1ccnc(N)c1. The third-order valence-corrected chi connectivity index (χ3v) is 1.08. The zero-order chi connectivity index (χ0) is 7.40. The second-order valence-corrected chi connectivity index (χ2v) is 1.90. The van der Waals surface area contributed by atoms with Gasteiger partial charge in [-0.2, -0.15) is 0 Å². The van der Waals surface area contributed by atoms with Gasteiger partial charge in [0, 0.05) is 19.5 Å². The first-order chi connectivity index (χ1) is 4.83. The van der Waals surface area contributed by atoms with Gasteiger partial charge in [0.15, 0.2) is 0 Å². The first kappa shape index (κ1) is 6.74. The Morgan fingerprint density at radius 1 is 1.70 bits per heavy atom. The van der Waals surface area contributed by atoms with Crippen molar-refractivity contribution < 1.29 is 0 Å². The monoisotopic (exact) mass is 135 g/mol. The minimum Gasteiger partial charge on any atom is -0.384 e. The second-order valence-electron chi connectivity index (χ2n) is 1.90. The lowest BCUT2D eigenvalue weighted by molar-refractivity contribution is 1.33. The number of anilines is 1. The molecule has 0 aliphatic heterocycles. The Kier molecular flexibility index (Phi) is 1.99. The molecule has 1 aromatic heterocycles. The van der Waals surface area contributed by atoms with E-state index in [2.05, 4.69) is 9.98 Å². The van der Waals surface area contributed by atoms with Gasteiger partial charge in [0.1, 0.15) is 5.82 Å². The fraction of sp³-hybridized carbons (Fsp3) is 0.143. The van der Waals surface area contributed by atoms with Gasteiger partial charge in [-0.1, -0.05) is 0 Å². The highest BCUT2D eigenvalue weighted by Crippen LogP contribution is 1.98. The van der Waals surface area contributed by atoms with E-state index in [4.69, 9.17) is 5.73 Å². The topological polar surface area (TPSA) is 51.3 Å². The summed E-state index contributed by atoms with van der Waals surface area (Å²) in [5.41, 5.74) is 6.40. The number of aliphatic imine (C=N–C) groups is 1. The summed E-state index contributed by atoms with van der Waals surface area (Å²) in [6.45, 7) is 0. The molecule has 0 saturated carbocycles. The zero-order valence-corrected chi connectivity index (χ0v) is 5.78. The normalized spacial score (nSPS) is 10.5. The molecule has 0 saturated heterocycles. The summed E-state index contributed by atoms with van der Waals surface area (Å²) in [7, 11) is 1.72. The predicted molar refractivity (Wildman–Crippen MR) is 42.2 cm³/mol. The van der Waals surface area contributed by atoms with Crippen LogP contribution in [0.25, 0.3) is 0 Å². The fourth-order valence-electron chi connectivity index (χ4n) is 0.695. The summed E-state index contributed by atoms with van der Waals surface area (Å²) >= 11 is 0. The number of hydrogen-bond acceptors (Lipinski definition) is 3. The van der Waals surface area contributed by atoms with Crippen LogP contribution < -0.4 is 5.73 Å². The lowest BCUT2D eigenvalue weighted by Gasteiger charge is -1.91. The van der Waals surface area contributed by atoms with Gasteiger partial charge in [0.25, 0.3) is 0 Å². The summed E-state index contributed by atoms with van der Waals surface area (Å²) in [5, 5.41) is 0. The average Bonchev–Trinajstić information content (AvgIpc) is 1.88. The van der Waals surface area contributed by atoms with Crippen molar-refractivity contribution >= 4 is 12.0 Å². The molecule has 0 atom stereocenters. The quantitative estimate of drug-likeness (QED) is 0.576. The number of aromatic nitrogens is 1. The van der Waals surface area contributed by atoms with Crippen molar-refractivity contribution in [2.45, 2.75) is 0 Å². The molecule has 0 aliphatic rings. The molecule has 2 N–H and O–H groups in total. The Bertz CT molecular complexity index is 242. The maximum absolute atomic E-state index is 5.42. The minimum absolute atomic E-state index is 0.525. The Morgan fingerprint density at radius 2 is 2.50 bits per heavy atom. The molecule has 1 rings (SSSR count). The van der Waals surface area contributed by atoms with Crippen LogP contribution in [0.2, 0.25) is 0 Å². The number of hydrogen-bond donors (Lipinski definition) is 1. The van der Waals surface area contributed by atoms with Crippen molar-refractivity contribution in [1.29, 1.82) is 0 Å². The molecule has 1 heterocycles. The van der Waals surface area contributed by atoms with Crippen LogP contribution in [0.3, 0.4) is 0 Å². The van der Waals surface area contributed by atoms with E-state index in [1.807, 2.05) is 6.07 Å². The molecule has 0 aliphatic carbocycles. The molecule has 10 heavy (non-hydrogen) atoms. The van der Waals surface area contributed by atoms with Crippen molar-refractivity contribution in [2.75, 3.05) is 12.8 Å². The standard InChI is InChI=1S/C7H9N3/c1-9-5-6-2-3-10-7(8)4-6/h2-5H,1H3,(H2,8,10). The molecule has 3 heteroatoms. The van der Waals surface area contributed by atoms with Crippen LogP contribution in [0.1, 0.15) is 5.56 Å². The molecule has 0 fully saturated rings. The van der Waals surface area contributed by atoms with E-state index < -0.39 is 0 Å². The molecular weight excluding hydrogens is 126 g/mol. The summed E-state index contributed by atoms with van der Waals surface area (Å²) in [4.78, 5) is 7.68. The van der Waals surface area contributed by atoms with Gasteiger partial charge in [0.2, 0.25) is 0 Å². The van der Waals surface area contributed by atoms with Crippen molar-refractivity contribution in [3.8, 4) is 0 Å². The van der Waals surface area contributed by atoms with Crippen LogP contribution in [0.5, 0.6) is 0 Å². The minimum atomic E-state index is 0.525. The van der Waals surface area contributed by atoms with E-state index in [0.29, 0.717) is 5.82 Å². The van der Waals surface area contributed by atoms with E-state index in [0.717, 1.165) is 5.56 Å². The Morgan fingerprint density at radius 3 is 3.10 bits per heavy atom. The molecular formula is C7H9N3. The van der Waals surface area contributed by atoms with Crippen LogP contribution >= 0.6 is 0 Å². The van der Waals surface area contributed by atoms with Crippen LogP contribution in [-0.2, 0) is 0 Å². The molecule has 0 spiro atoms. The number of nitrogen functional groups attached to an aromatic ring is 1. The van der Waals surface area contributed by atoms with Gasteiger partial charge in [-0.15, -0.1) is 0 Å². The predicted octanol–water partition coefficient (Wildman–Crippen LogP) is 0.713. The Labute approximate surface area is 59.6 Å². The molecule has 0 amide bonds. The van der Waals surface area contributed by atoms with Gasteiger partial charge in [-0.05, 0) is 17.7 Å². The molecule has 0 aromatic carbocycles. The summed E-state index contributed by atoms with van der Waals surface area (Å²) < 4.78 is 0. The maximum Gasteiger partial charge on any atom is 0.123 e. The van der Waals surface area contributed by atoms with E-state index in [9.17, 15) is 0 Å². The maximum atomic E-state index is 5.42. The third-order valence-electron chi connectivity index (χ3n) is 1.08.